The van der Waals surface area contributed by atoms with E-state index in [1.807, 2.05) is 67.6 Å². The maximum atomic E-state index is 13.4. The van der Waals surface area contributed by atoms with Crippen molar-refractivity contribution in [1.29, 1.82) is 0 Å². The van der Waals surface area contributed by atoms with Gasteiger partial charge in [-0.1, -0.05) is 60.7 Å². The third-order valence-corrected chi connectivity index (χ3v) is 6.14. The number of amidine groups is 1. The second-order valence-corrected chi connectivity index (χ2v) is 7.98. The molecule has 5 heteroatoms. The zero-order valence-corrected chi connectivity index (χ0v) is 16.7. The van der Waals surface area contributed by atoms with Crippen molar-refractivity contribution in [2.75, 3.05) is 10.2 Å². The number of anilines is 2. The molecule has 0 radical (unpaired) electrons. The van der Waals surface area contributed by atoms with Gasteiger partial charge in [-0.2, -0.15) is 0 Å². The molecule has 4 nitrogen and oxygen atoms in total. The Kier molecular flexibility index (Phi) is 4.45. The number of hydrogen-bond acceptors (Lipinski definition) is 4. The van der Waals surface area contributed by atoms with Gasteiger partial charge < -0.3 is 10.2 Å². The Labute approximate surface area is 174 Å². The van der Waals surface area contributed by atoms with E-state index < -0.39 is 0 Å². The highest BCUT2D eigenvalue weighted by Gasteiger charge is 2.41. The van der Waals surface area contributed by atoms with E-state index in [0.717, 1.165) is 32.7 Å². The Morgan fingerprint density at radius 2 is 1.59 bits per heavy atom. The number of allylic oxidation sites excluding steroid dienone is 1. The van der Waals surface area contributed by atoms with E-state index in [-0.39, 0.29) is 11.9 Å². The summed E-state index contributed by atoms with van der Waals surface area (Å²) in [4.78, 5) is 21.5. The van der Waals surface area contributed by atoms with Crippen molar-refractivity contribution in [3.8, 4) is 0 Å². The number of para-hydroxylation sites is 2. The number of nitrogens with one attached hydrogen (secondary N) is 1. The first-order chi connectivity index (χ1) is 14.2. The number of fused-ring (bicyclic) bond motifs is 3. The fourth-order valence-corrected chi connectivity index (χ4v) is 4.91. The molecule has 0 saturated carbocycles. The summed E-state index contributed by atoms with van der Waals surface area (Å²) >= 11 is 1.65. The van der Waals surface area contributed by atoms with E-state index in [9.17, 15) is 4.79 Å². The zero-order chi connectivity index (χ0) is 19.8. The van der Waals surface area contributed by atoms with Gasteiger partial charge in [-0.05, 0) is 48.5 Å². The molecule has 2 aliphatic heterocycles. The molecule has 0 spiro atoms. The molecule has 0 bridgehead atoms. The van der Waals surface area contributed by atoms with Gasteiger partial charge >= 0.3 is 0 Å². The van der Waals surface area contributed by atoms with Crippen molar-refractivity contribution in [3.05, 3.63) is 102 Å². The Balaban J connectivity index is 1.63. The molecular weight excluding hydrogens is 378 g/mol. The summed E-state index contributed by atoms with van der Waals surface area (Å²) in [6.45, 7) is 1.92. The summed E-state index contributed by atoms with van der Waals surface area (Å²) in [5, 5.41) is 3.96. The lowest BCUT2D eigenvalue weighted by Gasteiger charge is -2.35. The molecule has 29 heavy (non-hydrogen) atoms. The summed E-state index contributed by atoms with van der Waals surface area (Å²) in [6.07, 6.45) is 0. The third-order valence-electron chi connectivity index (χ3n) is 5.11. The molecule has 142 valence electrons. The quantitative estimate of drug-likeness (QED) is 0.624. The highest BCUT2D eigenvalue weighted by molar-refractivity contribution is 8.14. The van der Waals surface area contributed by atoms with Crippen LogP contribution in [0.4, 0.5) is 11.4 Å². The Bertz CT molecular complexity index is 1140. The number of thioether (sulfide) groups is 1. The van der Waals surface area contributed by atoms with Crippen molar-refractivity contribution < 1.29 is 4.79 Å². The Hall–Kier alpha value is -3.31. The first-order valence-electron chi connectivity index (χ1n) is 9.49. The van der Waals surface area contributed by atoms with E-state index in [1.165, 1.54) is 0 Å². The molecular formula is C24H19N3OS. The minimum atomic E-state index is -0.233. The van der Waals surface area contributed by atoms with Gasteiger partial charge in [0.05, 0.1) is 23.0 Å². The lowest BCUT2D eigenvalue weighted by Crippen LogP contribution is -2.38. The van der Waals surface area contributed by atoms with Crippen LogP contribution in [0.15, 0.2) is 106 Å². The highest BCUT2D eigenvalue weighted by atomic mass is 32.2. The van der Waals surface area contributed by atoms with Crippen molar-refractivity contribution in [2.45, 2.75) is 17.9 Å². The second-order valence-electron chi connectivity index (χ2n) is 6.97. The van der Waals surface area contributed by atoms with Gasteiger partial charge in [-0.25, -0.2) is 4.99 Å². The lowest BCUT2D eigenvalue weighted by molar-refractivity contribution is -0.113. The van der Waals surface area contributed by atoms with Crippen LogP contribution in [0.1, 0.15) is 18.5 Å². The van der Waals surface area contributed by atoms with Crippen LogP contribution in [-0.4, -0.2) is 11.1 Å². The molecule has 2 heterocycles. The van der Waals surface area contributed by atoms with E-state index in [4.69, 9.17) is 4.99 Å². The van der Waals surface area contributed by atoms with E-state index >= 15 is 0 Å². The number of carbonyl (C=O) groups excluding carboxylic acids is 1. The maximum absolute atomic E-state index is 13.4. The van der Waals surface area contributed by atoms with E-state index in [2.05, 4.69) is 34.5 Å². The monoisotopic (exact) mass is 397 g/mol. The Morgan fingerprint density at radius 3 is 2.34 bits per heavy atom. The van der Waals surface area contributed by atoms with E-state index in [0.29, 0.717) is 5.57 Å². The van der Waals surface area contributed by atoms with Gasteiger partial charge in [0.15, 0.2) is 5.17 Å². The van der Waals surface area contributed by atoms with Crippen LogP contribution in [0.5, 0.6) is 0 Å². The fraction of sp³-hybridized carbons (Fsp3) is 0.0833. The summed E-state index contributed by atoms with van der Waals surface area (Å²) in [7, 11) is 0. The average molecular weight is 398 g/mol. The molecule has 1 N–H and O–H groups in total. The number of hydrogen-bond donors (Lipinski definition) is 1. The Morgan fingerprint density at radius 1 is 0.931 bits per heavy atom. The summed E-state index contributed by atoms with van der Waals surface area (Å²) in [6, 6.07) is 27.7. The number of aliphatic imine (C=N–C) groups is 1. The summed E-state index contributed by atoms with van der Waals surface area (Å²) in [5.74, 6) is -0.125. The largest absolute Gasteiger partial charge is 0.322 e. The number of amides is 1. The number of rotatable bonds is 3. The predicted molar refractivity (Wildman–Crippen MR) is 119 cm³/mol. The first kappa shape index (κ1) is 17.8. The molecule has 1 unspecified atom stereocenters. The number of benzene rings is 3. The van der Waals surface area contributed by atoms with Crippen LogP contribution in [0.3, 0.4) is 0 Å². The van der Waals surface area contributed by atoms with Crippen LogP contribution in [0.25, 0.3) is 0 Å². The predicted octanol–water partition coefficient (Wildman–Crippen LogP) is 5.62. The molecule has 1 atom stereocenters. The fourth-order valence-electron chi connectivity index (χ4n) is 3.81. The second kappa shape index (κ2) is 7.26. The number of nitrogens with zero attached hydrogens (tertiary/aromatic N) is 2. The van der Waals surface area contributed by atoms with Gasteiger partial charge in [0.25, 0.3) is 5.91 Å². The molecule has 0 aliphatic carbocycles. The molecule has 0 saturated heterocycles. The molecule has 5 rings (SSSR count). The maximum Gasteiger partial charge on any atom is 0.255 e. The zero-order valence-electron chi connectivity index (χ0n) is 15.9. The molecule has 0 aromatic heterocycles. The van der Waals surface area contributed by atoms with Crippen molar-refractivity contribution >= 4 is 34.2 Å². The van der Waals surface area contributed by atoms with Gasteiger partial charge in [0.1, 0.15) is 0 Å². The topological polar surface area (TPSA) is 44.7 Å². The van der Waals surface area contributed by atoms with Crippen molar-refractivity contribution in [3.63, 3.8) is 0 Å². The van der Waals surface area contributed by atoms with Crippen LogP contribution in [-0.2, 0) is 4.79 Å². The molecule has 1 amide bonds. The molecule has 2 aliphatic rings. The third kappa shape index (κ3) is 3.13. The average Bonchev–Trinajstić information content (AvgIpc) is 3.12. The standard InChI is InChI=1S/C24H19N3OS/c1-16-21(23(28)26-18-12-6-3-7-13-18)22(17-10-4-2-5-11-17)27-19-14-8-9-15-20(19)29-24(27)25-16/h2-15,22H,1H3,(H,26,28). The SMILES string of the molecule is CC1=C(C(=O)Nc2ccccc2)C(c2ccccc2)N2C(=N1)Sc1ccccc12. The minimum Gasteiger partial charge on any atom is -0.322 e. The normalized spacial score (nSPS) is 17.5. The highest BCUT2D eigenvalue weighted by Crippen LogP contribution is 2.49. The van der Waals surface area contributed by atoms with Crippen LogP contribution < -0.4 is 10.2 Å². The van der Waals surface area contributed by atoms with Crippen LogP contribution in [0, 0.1) is 0 Å². The smallest absolute Gasteiger partial charge is 0.255 e. The first-order valence-corrected chi connectivity index (χ1v) is 10.3. The summed E-state index contributed by atoms with van der Waals surface area (Å²) in [5.41, 5.74) is 4.34. The molecule has 3 aromatic rings. The van der Waals surface area contributed by atoms with Crippen molar-refractivity contribution in [2.24, 2.45) is 4.99 Å². The minimum absolute atomic E-state index is 0.125. The van der Waals surface area contributed by atoms with Gasteiger partial charge in [0, 0.05) is 10.6 Å². The molecule has 3 aromatic carbocycles. The van der Waals surface area contributed by atoms with Crippen molar-refractivity contribution in [1.82, 2.24) is 0 Å². The van der Waals surface area contributed by atoms with Crippen LogP contribution in [0.2, 0.25) is 0 Å². The summed E-state index contributed by atoms with van der Waals surface area (Å²) < 4.78 is 0. The van der Waals surface area contributed by atoms with Gasteiger partial charge in [-0.15, -0.1) is 0 Å². The van der Waals surface area contributed by atoms with Gasteiger partial charge in [0.2, 0.25) is 0 Å². The van der Waals surface area contributed by atoms with E-state index in [1.54, 1.807) is 11.8 Å². The van der Waals surface area contributed by atoms with Gasteiger partial charge in [-0.3, -0.25) is 4.79 Å². The number of carbonyl (C=O) groups is 1. The molecule has 0 fully saturated rings. The lowest BCUT2D eigenvalue weighted by atomic mass is 9.93. The van der Waals surface area contributed by atoms with Crippen LogP contribution >= 0.6 is 11.8 Å².